The van der Waals surface area contributed by atoms with Gasteiger partial charge in [-0.3, -0.25) is 0 Å². The molecule has 66 valence electrons. The Hall–Kier alpha value is -1.32. The van der Waals surface area contributed by atoms with Crippen LogP contribution in [0.5, 0.6) is 0 Å². The Morgan fingerprint density at radius 1 is 1.67 bits per heavy atom. The van der Waals surface area contributed by atoms with Crippen molar-refractivity contribution in [1.82, 2.24) is 9.55 Å². The molecular formula is C8H12N2O2. The van der Waals surface area contributed by atoms with E-state index in [0.29, 0.717) is 5.69 Å². The van der Waals surface area contributed by atoms with Gasteiger partial charge in [-0.1, -0.05) is 6.92 Å². The van der Waals surface area contributed by atoms with E-state index in [1.54, 1.807) is 6.92 Å². The highest BCUT2D eigenvalue weighted by atomic mass is 16.4. The number of carbonyl (C=O) groups is 1. The van der Waals surface area contributed by atoms with Crippen LogP contribution in [0.15, 0.2) is 0 Å². The monoisotopic (exact) mass is 168 g/mol. The third kappa shape index (κ3) is 1.20. The first-order valence-corrected chi connectivity index (χ1v) is 3.83. The molecule has 0 aliphatic heterocycles. The molecule has 0 atom stereocenters. The topological polar surface area (TPSA) is 55.1 Å². The van der Waals surface area contributed by atoms with Crippen LogP contribution in [0.3, 0.4) is 0 Å². The number of imidazole rings is 1. The van der Waals surface area contributed by atoms with Gasteiger partial charge < -0.3 is 9.67 Å². The lowest BCUT2D eigenvalue weighted by molar-refractivity contribution is 0.0690. The normalized spacial score (nSPS) is 10.2. The molecule has 0 saturated carbocycles. The number of carboxylic acids is 1. The third-order valence-electron chi connectivity index (χ3n) is 1.99. The first-order valence-electron chi connectivity index (χ1n) is 3.83. The van der Waals surface area contributed by atoms with E-state index in [4.69, 9.17) is 5.11 Å². The highest BCUT2D eigenvalue weighted by Gasteiger charge is 2.14. The highest BCUT2D eigenvalue weighted by molar-refractivity contribution is 5.86. The van der Waals surface area contributed by atoms with Gasteiger partial charge >= 0.3 is 5.97 Å². The van der Waals surface area contributed by atoms with Crippen molar-refractivity contribution in [3.8, 4) is 0 Å². The van der Waals surface area contributed by atoms with Crippen molar-refractivity contribution >= 4 is 5.97 Å². The zero-order valence-electron chi connectivity index (χ0n) is 7.46. The molecule has 1 aromatic rings. The second kappa shape index (κ2) is 2.97. The maximum absolute atomic E-state index is 10.6. The Labute approximate surface area is 70.9 Å². The summed E-state index contributed by atoms with van der Waals surface area (Å²) in [6, 6.07) is 0. The summed E-state index contributed by atoms with van der Waals surface area (Å²) < 4.78 is 1.81. The first kappa shape index (κ1) is 8.77. The lowest BCUT2D eigenvalue weighted by Gasteiger charge is -1.97. The summed E-state index contributed by atoms with van der Waals surface area (Å²) in [5.74, 6) is -0.146. The van der Waals surface area contributed by atoms with E-state index < -0.39 is 5.97 Å². The summed E-state index contributed by atoms with van der Waals surface area (Å²) in [7, 11) is 1.83. The van der Waals surface area contributed by atoms with E-state index in [1.807, 2.05) is 18.5 Å². The van der Waals surface area contributed by atoms with Gasteiger partial charge in [0.1, 0.15) is 5.82 Å². The van der Waals surface area contributed by atoms with Crippen LogP contribution < -0.4 is 0 Å². The molecule has 0 unspecified atom stereocenters. The molecule has 0 aliphatic rings. The number of hydrogen-bond donors (Lipinski definition) is 1. The molecule has 0 amide bonds. The maximum Gasteiger partial charge on any atom is 0.356 e. The molecule has 1 rings (SSSR count). The summed E-state index contributed by atoms with van der Waals surface area (Å²) in [6.07, 6.45) is 0.755. The summed E-state index contributed by atoms with van der Waals surface area (Å²) in [4.78, 5) is 14.6. The molecule has 4 nitrogen and oxygen atoms in total. The third-order valence-corrected chi connectivity index (χ3v) is 1.99. The molecule has 0 saturated heterocycles. The van der Waals surface area contributed by atoms with Gasteiger partial charge in [0.25, 0.3) is 0 Å². The number of aryl methyl sites for hydroxylation is 1. The first-order chi connectivity index (χ1) is 5.57. The Morgan fingerprint density at radius 2 is 2.25 bits per heavy atom. The number of nitrogens with zero attached hydrogens (tertiary/aromatic N) is 2. The van der Waals surface area contributed by atoms with Crippen LogP contribution in [-0.4, -0.2) is 20.6 Å². The Morgan fingerprint density at radius 3 is 2.50 bits per heavy atom. The molecule has 0 fully saturated rings. The molecule has 0 spiro atoms. The Kier molecular flexibility index (Phi) is 2.17. The predicted molar refractivity (Wildman–Crippen MR) is 44.3 cm³/mol. The average Bonchev–Trinajstić information content (AvgIpc) is 2.30. The molecule has 0 aliphatic carbocycles. The number of hydrogen-bond acceptors (Lipinski definition) is 2. The lowest BCUT2D eigenvalue weighted by Crippen LogP contribution is -2.00. The smallest absolute Gasteiger partial charge is 0.356 e. The van der Waals surface area contributed by atoms with Gasteiger partial charge in [-0.05, 0) is 6.92 Å². The fraction of sp³-hybridized carbons (Fsp3) is 0.500. The minimum atomic E-state index is -0.956. The minimum absolute atomic E-state index is 0.161. The van der Waals surface area contributed by atoms with Crippen LogP contribution in [-0.2, 0) is 13.5 Å². The van der Waals surface area contributed by atoms with Crippen LogP contribution >= 0.6 is 0 Å². The maximum atomic E-state index is 10.6. The molecular weight excluding hydrogens is 156 g/mol. The standard InChI is InChI=1S/C8H12N2O2/c1-4-6-9-7(8(11)12)5(2)10(6)3/h4H2,1-3H3,(H,11,12). The van der Waals surface area contributed by atoms with E-state index in [9.17, 15) is 4.79 Å². The lowest BCUT2D eigenvalue weighted by atomic mass is 10.3. The Bertz CT molecular complexity index is 315. The van der Waals surface area contributed by atoms with E-state index in [2.05, 4.69) is 4.98 Å². The quantitative estimate of drug-likeness (QED) is 0.716. The number of carboxylic acid groups (broad SMARTS) is 1. The van der Waals surface area contributed by atoms with Crippen molar-refractivity contribution in [2.24, 2.45) is 7.05 Å². The van der Waals surface area contributed by atoms with Crippen LogP contribution in [0.25, 0.3) is 0 Å². The number of rotatable bonds is 2. The summed E-state index contributed by atoms with van der Waals surface area (Å²) >= 11 is 0. The highest BCUT2D eigenvalue weighted by Crippen LogP contribution is 2.09. The number of aromatic carboxylic acids is 1. The Balaban J connectivity index is 3.25. The van der Waals surface area contributed by atoms with Gasteiger partial charge in [0, 0.05) is 19.2 Å². The molecule has 0 radical (unpaired) electrons. The second-order valence-electron chi connectivity index (χ2n) is 2.68. The van der Waals surface area contributed by atoms with Gasteiger partial charge in [0.15, 0.2) is 5.69 Å². The number of aromatic nitrogens is 2. The van der Waals surface area contributed by atoms with Crippen molar-refractivity contribution in [2.75, 3.05) is 0 Å². The van der Waals surface area contributed by atoms with E-state index in [-0.39, 0.29) is 5.69 Å². The summed E-state index contributed by atoms with van der Waals surface area (Å²) in [6.45, 7) is 3.71. The fourth-order valence-corrected chi connectivity index (χ4v) is 1.16. The molecule has 0 aromatic carbocycles. The molecule has 12 heavy (non-hydrogen) atoms. The van der Waals surface area contributed by atoms with Crippen molar-refractivity contribution in [1.29, 1.82) is 0 Å². The van der Waals surface area contributed by atoms with Gasteiger partial charge in [-0.15, -0.1) is 0 Å². The van der Waals surface area contributed by atoms with E-state index in [1.165, 1.54) is 0 Å². The van der Waals surface area contributed by atoms with Gasteiger partial charge in [-0.25, -0.2) is 9.78 Å². The van der Waals surface area contributed by atoms with Crippen molar-refractivity contribution in [2.45, 2.75) is 20.3 Å². The molecule has 1 N–H and O–H groups in total. The molecule has 4 heteroatoms. The van der Waals surface area contributed by atoms with Crippen molar-refractivity contribution in [3.63, 3.8) is 0 Å². The zero-order chi connectivity index (χ0) is 9.30. The summed E-state index contributed by atoms with van der Waals surface area (Å²) in [5, 5.41) is 8.72. The second-order valence-corrected chi connectivity index (χ2v) is 2.68. The molecule has 1 heterocycles. The van der Waals surface area contributed by atoms with Crippen LogP contribution in [0.1, 0.15) is 28.9 Å². The van der Waals surface area contributed by atoms with Crippen LogP contribution in [0.4, 0.5) is 0 Å². The van der Waals surface area contributed by atoms with Crippen molar-refractivity contribution in [3.05, 3.63) is 17.2 Å². The predicted octanol–water partition coefficient (Wildman–Crippen LogP) is 0.989. The van der Waals surface area contributed by atoms with Crippen molar-refractivity contribution < 1.29 is 9.90 Å². The molecule has 0 bridgehead atoms. The van der Waals surface area contributed by atoms with Gasteiger partial charge in [-0.2, -0.15) is 0 Å². The minimum Gasteiger partial charge on any atom is -0.476 e. The van der Waals surface area contributed by atoms with Crippen LogP contribution in [0.2, 0.25) is 0 Å². The fourth-order valence-electron chi connectivity index (χ4n) is 1.16. The van der Waals surface area contributed by atoms with E-state index >= 15 is 0 Å². The average molecular weight is 168 g/mol. The van der Waals surface area contributed by atoms with E-state index in [0.717, 1.165) is 12.2 Å². The molecule has 1 aromatic heterocycles. The van der Waals surface area contributed by atoms with Gasteiger partial charge in [0.05, 0.1) is 0 Å². The largest absolute Gasteiger partial charge is 0.476 e. The van der Waals surface area contributed by atoms with Gasteiger partial charge in [0.2, 0.25) is 0 Å². The zero-order valence-corrected chi connectivity index (χ0v) is 7.46. The SMILES string of the molecule is CCc1nc(C(=O)O)c(C)n1C. The van der Waals surface area contributed by atoms with Crippen LogP contribution in [0, 0.1) is 6.92 Å². The summed E-state index contributed by atoms with van der Waals surface area (Å²) in [5.41, 5.74) is 0.869.